The maximum atomic E-state index is 13.3. The van der Waals surface area contributed by atoms with Gasteiger partial charge in [-0.3, -0.25) is 4.79 Å². The van der Waals surface area contributed by atoms with Crippen LogP contribution in [-0.4, -0.2) is 30.8 Å². The van der Waals surface area contributed by atoms with E-state index in [1.165, 1.54) is 11.6 Å². The first-order chi connectivity index (χ1) is 17.4. The van der Waals surface area contributed by atoms with E-state index in [1.807, 2.05) is 48.5 Å². The molecule has 2 atom stereocenters. The molecule has 0 bridgehead atoms. The Balaban J connectivity index is 1.58. The van der Waals surface area contributed by atoms with Gasteiger partial charge in [-0.2, -0.15) is 4.39 Å². The Morgan fingerprint density at radius 3 is 2.22 bits per heavy atom. The first kappa shape index (κ1) is 26.7. The normalized spacial score (nSPS) is 12.5. The lowest BCUT2D eigenvalue weighted by molar-refractivity contribution is -0.320. The van der Waals surface area contributed by atoms with E-state index in [2.05, 4.69) is 27.5 Å². The van der Waals surface area contributed by atoms with Crippen molar-refractivity contribution in [3.05, 3.63) is 95.6 Å². The van der Waals surface area contributed by atoms with Gasteiger partial charge in [-0.15, -0.1) is 0 Å². The highest BCUT2D eigenvalue weighted by Crippen LogP contribution is 2.24. The summed E-state index contributed by atoms with van der Waals surface area (Å²) >= 11 is 0. The van der Waals surface area contributed by atoms with Gasteiger partial charge in [-0.1, -0.05) is 66.7 Å². The smallest absolute Gasteiger partial charge is 0.278 e. The van der Waals surface area contributed by atoms with E-state index < -0.39 is 18.4 Å². The predicted molar refractivity (Wildman–Crippen MR) is 135 cm³/mol. The van der Waals surface area contributed by atoms with Crippen LogP contribution >= 0.6 is 0 Å². The third-order valence-corrected chi connectivity index (χ3v) is 5.68. The number of carbonyl (C=O) groups excluding carboxylic acids is 2. The summed E-state index contributed by atoms with van der Waals surface area (Å²) in [5.74, 6) is -2.22. The minimum Gasteiger partial charge on any atom is -0.543 e. The van der Waals surface area contributed by atoms with Gasteiger partial charge in [0.1, 0.15) is 11.7 Å². The van der Waals surface area contributed by atoms with Gasteiger partial charge in [0.2, 0.25) is 5.91 Å². The van der Waals surface area contributed by atoms with Crippen LogP contribution in [0.5, 0.6) is 5.75 Å². The number of aliphatic carboxylic acids is 1. The van der Waals surface area contributed by atoms with Gasteiger partial charge in [-0.25, -0.2) is 0 Å². The fraction of sp³-hybridized carbons (Fsp3) is 0.286. The molecule has 4 N–H and O–H groups in total. The quantitative estimate of drug-likeness (QED) is 0.235. The molecule has 3 aromatic rings. The monoisotopic (exact) mass is 492 g/mol. The minimum absolute atomic E-state index is 0.0690. The van der Waals surface area contributed by atoms with E-state index in [0.717, 1.165) is 24.8 Å². The molecule has 0 heterocycles. The second kappa shape index (κ2) is 13.8. The second-order valence-electron chi connectivity index (χ2n) is 8.48. The molecular formula is C28H31FN3O4-. The highest BCUT2D eigenvalue weighted by atomic mass is 19.1. The van der Waals surface area contributed by atoms with Crippen LogP contribution in [0.3, 0.4) is 0 Å². The summed E-state index contributed by atoms with van der Waals surface area (Å²) in [6.45, 7) is 1.06. The number of nitrogens with one attached hydrogen (secondary N) is 2. The summed E-state index contributed by atoms with van der Waals surface area (Å²) < 4.78 is 18.0. The third-order valence-electron chi connectivity index (χ3n) is 5.68. The van der Waals surface area contributed by atoms with E-state index in [1.54, 1.807) is 12.1 Å². The van der Waals surface area contributed by atoms with Crippen molar-refractivity contribution in [1.82, 2.24) is 10.6 Å². The van der Waals surface area contributed by atoms with Crippen molar-refractivity contribution in [1.29, 1.82) is 0 Å². The Labute approximate surface area is 210 Å². The van der Waals surface area contributed by atoms with Crippen molar-refractivity contribution >= 4 is 17.6 Å². The van der Waals surface area contributed by atoms with Crippen molar-refractivity contribution in [2.75, 3.05) is 12.3 Å². The van der Waals surface area contributed by atoms with Crippen molar-refractivity contribution in [3.63, 3.8) is 0 Å². The largest absolute Gasteiger partial charge is 0.543 e. The molecule has 3 aromatic carbocycles. The zero-order valence-electron chi connectivity index (χ0n) is 20.0. The molecule has 190 valence electrons. The summed E-state index contributed by atoms with van der Waals surface area (Å²) in [5.41, 5.74) is 9.02. The van der Waals surface area contributed by atoms with Crippen LogP contribution < -0.4 is 26.2 Å². The first-order valence-corrected chi connectivity index (χ1v) is 11.9. The fourth-order valence-corrected chi connectivity index (χ4v) is 3.76. The molecule has 36 heavy (non-hydrogen) atoms. The van der Waals surface area contributed by atoms with Gasteiger partial charge in [0, 0.05) is 13.1 Å². The number of carboxylic acid groups (broad SMARTS) is 1. The number of anilines is 1. The summed E-state index contributed by atoms with van der Waals surface area (Å²) in [5, 5.41) is 16.9. The molecule has 0 saturated heterocycles. The number of nitrogens with two attached hydrogens (primary N) is 1. The average molecular weight is 493 g/mol. The lowest BCUT2D eigenvalue weighted by atomic mass is 10.0. The number of benzene rings is 3. The SMILES string of the molecule is Nc1cc(C[C@H](NCc2ccccc2)C(=O)NCCCCc2ccccc2)ccc1OC(F)C(=O)[O-]. The molecule has 0 saturated carbocycles. The maximum absolute atomic E-state index is 13.3. The van der Waals surface area contributed by atoms with Crippen molar-refractivity contribution in [2.24, 2.45) is 0 Å². The third kappa shape index (κ3) is 8.70. The van der Waals surface area contributed by atoms with Crippen LogP contribution in [-0.2, 0) is 29.0 Å². The van der Waals surface area contributed by atoms with Crippen molar-refractivity contribution in [2.45, 2.75) is 44.6 Å². The number of amides is 1. The van der Waals surface area contributed by atoms with E-state index >= 15 is 0 Å². The molecule has 1 amide bonds. The highest BCUT2D eigenvalue weighted by molar-refractivity contribution is 5.82. The van der Waals surface area contributed by atoms with Crippen LogP contribution in [0.15, 0.2) is 78.9 Å². The van der Waals surface area contributed by atoms with Crippen LogP contribution in [0.2, 0.25) is 0 Å². The van der Waals surface area contributed by atoms with Crippen molar-refractivity contribution in [3.8, 4) is 5.75 Å². The molecule has 0 aromatic heterocycles. The Morgan fingerprint density at radius 1 is 0.917 bits per heavy atom. The topological polar surface area (TPSA) is 117 Å². The molecule has 7 nitrogen and oxygen atoms in total. The Morgan fingerprint density at radius 2 is 1.58 bits per heavy atom. The number of unbranched alkanes of at least 4 members (excludes halogenated alkanes) is 1. The Kier molecular flexibility index (Phi) is 10.3. The zero-order valence-corrected chi connectivity index (χ0v) is 20.0. The second-order valence-corrected chi connectivity index (χ2v) is 8.48. The van der Waals surface area contributed by atoms with Crippen molar-refractivity contribution < 1.29 is 23.8 Å². The molecule has 0 aliphatic rings. The number of aryl methyl sites for hydroxylation is 1. The van der Waals surface area contributed by atoms with Gasteiger partial charge in [-0.05, 0) is 54.5 Å². The van der Waals surface area contributed by atoms with Gasteiger partial charge in [0.25, 0.3) is 6.36 Å². The van der Waals surface area contributed by atoms with E-state index in [0.29, 0.717) is 25.1 Å². The van der Waals surface area contributed by atoms with Gasteiger partial charge in [0.05, 0.1) is 11.7 Å². The first-order valence-electron chi connectivity index (χ1n) is 11.9. The standard InChI is InChI=1S/C28H32FN3O4/c29-26(28(34)35)36-25-15-14-22(17-23(25)30)18-24(32-19-21-12-5-2-6-13-21)27(33)31-16-8-7-11-20-9-3-1-4-10-20/h1-6,9-10,12-15,17,24,26,32H,7-8,11,16,18-19,30H2,(H,31,33)(H,34,35)/p-1/t24-,26?/m0/s1. The fourth-order valence-electron chi connectivity index (χ4n) is 3.76. The zero-order chi connectivity index (χ0) is 25.8. The number of halogens is 1. The summed E-state index contributed by atoms with van der Waals surface area (Å²) in [6, 6.07) is 24.0. The number of carboxylic acids is 1. The van der Waals surface area contributed by atoms with Gasteiger partial charge in [0.15, 0.2) is 0 Å². The average Bonchev–Trinajstić information content (AvgIpc) is 2.88. The summed E-state index contributed by atoms with van der Waals surface area (Å²) in [4.78, 5) is 23.6. The minimum atomic E-state index is -2.62. The van der Waals surface area contributed by atoms with Crippen LogP contribution in [0.1, 0.15) is 29.5 Å². The molecule has 0 aliphatic heterocycles. The van der Waals surface area contributed by atoms with E-state index in [4.69, 9.17) is 5.73 Å². The summed E-state index contributed by atoms with van der Waals surface area (Å²) in [6.07, 6.45) is 0.482. The maximum Gasteiger partial charge on any atom is 0.278 e. The predicted octanol–water partition coefficient (Wildman–Crippen LogP) is 2.53. The highest BCUT2D eigenvalue weighted by Gasteiger charge is 2.19. The van der Waals surface area contributed by atoms with E-state index in [9.17, 15) is 19.1 Å². The van der Waals surface area contributed by atoms with Crippen LogP contribution in [0.4, 0.5) is 10.1 Å². The Hall–Kier alpha value is -3.91. The van der Waals surface area contributed by atoms with E-state index in [-0.39, 0.29) is 17.3 Å². The lowest BCUT2D eigenvalue weighted by Crippen LogP contribution is -2.45. The number of hydrogen-bond acceptors (Lipinski definition) is 6. The van der Waals surface area contributed by atoms with Crippen LogP contribution in [0.25, 0.3) is 0 Å². The summed E-state index contributed by atoms with van der Waals surface area (Å²) in [7, 11) is 0. The molecular weight excluding hydrogens is 461 g/mol. The Bertz CT molecular complexity index is 1110. The molecule has 0 radical (unpaired) electrons. The molecule has 1 unspecified atom stereocenters. The number of rotatable bonds is 14. The number of nitrogen functional groups attached to an aromatic ring is 1. The number of alkyl halides is 1. The number of hydrogen-bond donors (Lipinski definition) is 3. The lowest BCUT2D eigenvalue weighted by Gasteiger charge is -2.20. The molecule has 8 heteroatoms. The molecule has 3 rings (SSSR count). The number of carbonyl (C=O) groups is 2. The molecule has 0 spiro atoms. The number of ether oxygens (including phenoxy) is 1. The van der Waals surface area contributed by atoms with Gasteiger partial charge < -0.3 is 31.0 Å². The molecule has 0 fully saturated rings. The molecule has 0 aliphatic carbocycles. The van der Waals surface area contributed by atoms with Crippen LogP contribution in [0, 0.1) is 0 Å². The van der Waals surface area contributed by atoms with Gasteiger partial charge >= 0.3 is 0 Å².